The second-order valence-electron chi connectivity index (χ2n) is 4.96. The van der Waals surface area contributed by atoms with Gasteiger partial charge in [0, 0.05) is 26.2 Å². The van der Waals surface area contributed by atoms with Gasteiger partial charge >= 0.3 is 0 Å². The van der Waals surface area contributed by atoms with Gasteiger partial charge in [-0.25, -0.2) is 0 Å². The number of aliphatic hydroxyl groups excluding tert-OH is 1. The molecule has 100 valence electrons. The number of carbonyl (C=O) groups excluding carboxylic acids is 1. The highest BCUT2D eigenvalue weighted by Crippen LogP contribution is 2.23. The molecule has 5 nitrogen and oxygen atoms in total. The van der Waals surface area contributed by atoms with Crippen LogP contribution in [0.25, 0.3) is 0 Å². The molecule has 0 aromatic carbocycles. The van der Waals surface area contributed by atoms with Gasteiger partial charge in [0.25, 0.3) is 5.91 Å². The summed E-state index contributed by atoms with van der Waals surface area (Å²) in [6.07, 6.45) is 3.75. The lowest BCUT2D eigenvalue weighted by Crippen LogP contribution is -2.36. The molecular formula is C13H21N3O2. The largest absolute Gasteiger partial charge is 0.396 e. The highest BCUT2D eigenvalue weighted by atomic mass is 16.3. The van der Waals surface area contributed by atoms with Gasteiger partial charge in [-0.2, -0.15) is 5.10 Å². The maximum absolute atomic E-state index is 12.5. The Morgan fingerprint density at radius 1 is 1.61 bits per heavy atom. The number of aliphatic hydroxyl groups is 1. The van der Waals surface area contributed by atoms with Gasteiger partial charge in [0.1, 0.15) is 5.69 Å². The predicted molar refractivity (Wildman–Crippen MR) is 68.3 cm³/mol. The molecular weight excluding hydrogens is 230 g/mol. The summed E-state index contributed by atoms with van der Waals surface area (Å²) in [6.45, 7) is 2.91. The average Bonchev–Trinajstić information content (AvgIpc) is 2.92. The van der Waals surface area contributed by atoms with E-state index in [1.807, 2.05) is 17.9 Å². The minimum absolute atomic E-state index is 0.0681. The fourth-order valence-electron chi connectivity index (χ4n) is 2.69. The molecule has 1 amide bonds. The maximum Gasteiger partial charge on any atom is 0.272 e. The van der Waals surface area contributed by atoms with Crippen molar-refractivity contribution in [2.75, 3.05) is 13.2 Å². The molecule has 1 unspecified atom stereocenters. The number of hydrogen-bond donors (Lipinski definition) is 1. The Bertz CT molecular complexity index is 428. The van der Waals surface area contributed by atoms with Crippen molar-refractivity contribution in [3.63, 3.8) is 0 Å². The monoisotopic (exact) mass is 251 g/mol. The number of amides is 1. The standard InChI is InChI=1S/C13H21N3O2/c1-10-9-12(15(2)14-10)13(18)16-7-3-5-11(16)6-4-8-17/h9,11,17H,3-8H2,1-2H3. The zero-order chi connectivity index (χ0) is 13.1. The van der Waals surface area contributed by atoms with Crippen molar-refractivity contribution >= 4 is 5.91 Å². The van der Waals surface area contributed by atoms with Gasteiger partial charge in [-0.3, -0.25) is 9.48 Å². The van der Waals surface area contributed by atoms with Crippen LogP contribution in [0.5, 0.6) is 0 Å². The van der Waals surface area contributed by atoms with Crippen molar-refractivity contribution in [3.8, 4) is 0 Å². The molecule has 1 aromatic heterocycles. The second-order valence-corrected chi connectivity index (χ2v) is 4.96. The molecule has 2 heterocycles. The molecule has 0 spiro atoms. The molecule has 18 heavy (non-hydrogen) atoms. The Labute approximate surface area is 107 Å². The van der Waals surface area contributed by atoms with E-state index >= 15 is 0 Å². The van der Waals surface area contributed by atoms with Crippen LogP contribution in [0.1, 0.15) is 41.9 Å². The summed E-state index contributed by atoms with van der Waals surface area (Å²) in [5.41, 5.74) is 1.52. The van der Waals surface area contributed by atoms with Gasteiger partial charge < -0.3 is 10.0 Å². The van der Waals surface area contributed by atoms with E-state index in [9.17, 15) is 4.79 Å². The SMILES string of the molecule is Cc1cc(C(=O)N2CCCC2CCCO)n(C)n1. The van der Waals surface area contributed by atoms with E-state index in [1.54, 1.807) is 11.7 Å². The number of likely N-dealkylation sites (tertiary alicyclic amines) is 1. The minimum atomic E-state index is 0.0681. The first-order valence-electron chi connectivity index (χ1n) is 6.56. The van der Waals surface area contributed by atoms with E-state index in [-0.39, 0.29) is 18.6 Å². The van der Waals surface area contributed by atoms with Crippen LogP contribution in [-0.4, -0.2) is 44.9 Å². The quantitative estimate of drug-likeness (QED) is 0.872. The molecule has 0 aliphatic carbocycles. The second kappa shape index (κ2) is 5.52. The molecule has 5 heteroatoms. The van der Waals surface area contributed by atoms with Crippen LogP contribution in [0, 0.1) is 6.92 Å². The van der Waals surface area contributed by atoms with E-state index in [1.165, 1.54) is 0 Å². The average molecular weight is 251 g/mol. The van der Waals surface area contributed by atoms with Crippen LogP contribution < -0.4 is 0 Å². The molecule has 0 radical (unpaired) electrons. The van der Waals surface area contributed by atoms with Crippen LogP contribution in [0.15, 0.2) is 6.07 Å². The summed E-state index contributed by atoms with van der Waals surface area (Å²) in [5.74, 6) is 0.0681. The molecule has 0 bridgehead atoms. The molecule has 1 saturated heterocycles. The fourth-order valence-corrected chi connectivity index (χ4v) is 2.69. The molecule has 1 aliphatic rings. The number of hydrogen-bond acceptors (Lipinski definition) is 3. The Morgan fingerprint density at radius 3 is 3.00 bits per heavy atom. The molecule has 1 aliphatic heterocycles. The number of aryl methyl sites for hydroxylation is 2. The van der Waals surface area contributed by atoms with E-state index in [0.29, 0.717) is 5.69 Å². The third-order valence-electron chi connectivity index (χ3n) is 3.55. The zero-order valence-corrected chi connectivity index (χ0v) is 11.1. The lowest BCUT2D eigenvalue weighted by molar-refractivity contribution is 0.0713. The summed E-state index contributed by atoms with van der Waals surface area (Å²) in [4.78, 5) is 14.4. The highest BCUT2D eigenvalue weighted by Gasteiger charge is 2.30. The van der Waals surface area contributed by atoms with E-state index in [4.69, 9.17) is 5.11 Å². The summed E-state index contributed by atoms with van der Waals surface area (Å²) >= 11 is 0. The first-order valence-corrected chi connectivity index (χ1v) is 6.56. The predicted octanol–water partition coefficient (Wildman–Crippen LogP) is 1.11. The van der Waals surface area contributed by atoms with Gasteiger partial charge in [-0.1, -0.05) is 0 Å². The Kier molecular flexibility index (Phi) is 4.01. The normalized spacial score (nSPS) is 19.5. The summed E-state index contributed by atoms with van der Waals surface area (Å²) < 4.78 is 1.65. The first kappa shape index (κ1) is 13.1. The van der Waals surface area contributed by atoms with Crippen LogP contribution in [0.4, 0.5) is 0 Å². The number of aromatic nitrogens is 2. The molecule has 1 N–H and O–H groups in total. The molecule has 1 aromatic rings. The van der Waals surface area contributed by atoms with Crippen molar-refractivity contribution in [2.24, 2.45) is 7.05 Å². The van der Waals surface area contributed by atoms with E-state index < -0.39 is 0 Å². The van der Waals surface area contributed by atoms with Crippen molar-refractivity contribution < 1.29 is 9.90 Å². The number of carbonyl (C=O) groups is 1. The smallest absolute Gasteiger partial charge is 0.272 e. The Hall–Kier alpha value is -1.36. The molecule has 2 rings (SSSR count). The van der Waals surface area contributed by atoms with Gasteiger partial charge in [0.05, 0.1) is 5.69 Å². The Balaban J connectivity index is 2.10. The van der Waals surface area contributed by atoms with Gasteiger partial charge in [-0.05, 0) is 38.7 Å². The minimum Gasteiger partial charge on any atom is -0.396 e. The maximum atomic E-state index is 12.5. The van der Waals surface area contributed by atoms with Gasteiger partial charge in [0.2, 0.25) is 0 Å². The number of rotatable bonds is 4. The topological polar surface area (TPSA) is 58.4 Å². The lowest BCUT2D eigenvalue weighted by Gasteiger charge is -2.24. The Morgan fingerprint density at radius 2 is 2.39 bits per heavy atom. The van der Waals surface area contributed by atoms with Crippen molar-refractivity contribution in [1.29, 1.82) is 0 Å². The summed E-state index contributed by atoms with van der Waals surface area (Å²) in [6, 6.07) is 2.11. The van der Waals surface area contributed by atoms with Crippen LogP contribution >= 0.6 is 0 Å². The van der Waals surface area contributed by atoms with Crippen LogP contribution in [0.3, 0.4) is 0 Å². The number of nitrogens with zero attached hydrogens (tertiary/aromatic N) is 3. The lowest BCUT2D eigenvalue weighted by atomic mass is 10.1. The summed E-state index contributed by atoms with van der Waals surface area (Å²) in [5, 5.41) is 13.1. The summed E-state index contributed by atoms with van der Waals surface area (Å²) in [7, 11) is 1.80. The molecule has 1 atom stereocenters. The molecule has 0 saturated carbocycles. The van der Waals surface area contributed by atoms with Gasteiger partial charge in [0.15, 0.2) is 0 Å². The van der Waals surface area contributed by atoms with Crippen molar-refractivity contribution in [1.82, 2.24) is 14.7 Å². The van der Waals surface area contributed by atoms with Crippen LogP contribution in [-0.2, 0) is 7.05 Å². The van der Waals surface area contributed by atoms with Gasteiger partial charge in [-0.15, -0.1) is 0 Å². The van der Waals surface area contributed by atoms with Crippen molar-refractivity contribution in [2.45, 2.75) is 38.6 Å². The third-order valence-corrected chi connectivity index (χ3v) is 3.55. The highest BCUT2D eigenvalue weighted by molar-refractivity contribution is 5.93. The van der Waals surface area contributed by atoms with Crippen LogP contribution in [0.2, 0.25) is 0 Å². The van der Waals surface area contributed by atoms with Crippen molar-refractivity contribution in [3.05, 3.63) is 17.5 Å². The first-order chi connectivity index (χ1) is 8.63. The molecule has 1 fully saturated rings. The van der Waals surface area contributed by atoms with E-state index in [0.717, 1.165) is 37.9 Å². The third kappa shape index (κ3) is 2.56. The fraction of sp³-hybridized carbons (Fsp3) is 0.692. The van der Waals surface area contributed by atoms with E-state index in [2.05, 4.69) is 5.10 Å². The zero-order valence-electron chi connectivity index (χ0n) is 11.1.